The molecule has 2 heterocycles. The normalized spacial score (nSPS) is 25.9. The van der Waals surface area contributed by atoms with Gasteiger partial charge in [-0.25, -0.2) is 0 Å². The van der Waals surface area contributed by atoms with Crippen LogP contribution in [0.15, 0.2) is 42.5 Å². The smallest absolute Gasteiger partial charge is 0.124 e. The van der Waals surface area contributed by atoms with Crippen LogP contribution in [0.4, 0.5) is 5.69 Å². The van der Waals surface area contributed by atoms with E-state index >= 15 is 0 Å². The number of benzene rings is 2. The van der Waals surface area contributed by atoms with Gasteiger partial charge in [-0.1, -0.05) is 35.9 Å². The summed E-state index contributed by atoms with van der Waals surface area (Å²) in [4.78, 5) is 0. The number of hydrogen-bond donors (Lipinski definition) is 1. The molecule has 0 saturated carbocycles. The molecule has 0 aromatic heterocycles. The molecule has 2 aliphatic heterocycles. The first kappa shape index (κ1) is 14.6. The average Bonchev–Trinajstić information content (AvgIpc) is 2.61. The van der Waals surface area contributed by atoms with Crippen LogP contribution in [-0.2, 0) is 4.74 Å². The molecular weight excluding hydrogens is 286 g/mol. The molecule has 1 fully saturated rings. The Morgan fingerprint density at radius 1 is 1.13 bits per heavy atom. The summed E-state index contributed by atoms with van der Waals surface area (Å²) in [5.41, 5.74) is 5.01. The lowest BCUT2D eigenvalue weighted by atomic mass is 9.77. The molecule has 0 unspecified atom stereocenters. The molecular formula is C20H23NO2. The minimum absolute atomic E-state index is 0.176. The number of methoxy groups -OCH3 is 1. The summed E-state index contributed by atoms with van der Waals surface area (Å²) in [6.07, 6.45) is 2.47. The Labute approximate surface area is 137 Å². The van der Waals surface area contributed by atoms with E-state index in [9.17, 15) is 0 Å². The van der Waals surface area contributed by atoms with Crippen molar-refractivity contribution in [3.8, 4) is 5.75 Å². The van der Waals surface area contributed by atoms with Gasteiger partial charge in [0.25, 0.3) is 0 Å². The largest absolute Gasteiger partial charge is 0.496 e. The van der Waals surface area contributed by atoms with Gasteiger partial charge in [0.2, 0.25) is 0 Å². The highest BCUT2D eigenvalue weighted by Crippen LogP contribution is 2.50. The SMILES string of the molecule is COc1ccccc1[C@H]1Nc2ccc(C)cc2[C@H]2OCCC[C@@H]12. The molecule has 3 nitrogen and oxygen atoms in total. The highest BCUT2D eigenvalue weighted by Gasteiger charge is 2.40. The predicted molar refractivity (Wildman–Crippen MR) is 92.0 cm³/mol. The standard InChI is InChI=1S/C20H23NO2/c1-13-9-10-17-16(12-13)20-15(7-5-11-23-20)19(21-17)14-6-3-4-8-18(14)22-2/h3-4,6,8-10,12,15,19-21H,5,7,11H2,1-2H3/t15-,19+,20-/m0/s1. The topological polar surface area (TPSA) is 30.5 Å². The minimum atomic E-state index is 0.176. The molecule has 23 heavy (non-hydrogen) atoms. The van der Waals surface area contributed by atoms with Crippen molar-refractivity contribution in [1.82, 2.24) is 0 Å². The van der Waals surface area contributed by atoms with E-state index in [4.69, 9.17) is 9.47 Å². The Hall–Kier alpha value is -2.00. The van der Waals surface area contributed by atoms with E-state index in [1.165, 1.54) is 28.8 Å². The Balaban J connectivity index is 1.80. The Morgan fingerprint density at radius 3 is 2.87 bits per heavy atom. The van der Waals surface area contributed by atoms with Crippen molar-refractivity contribution >= 4 is 5.69 Å². The molecule has 1 saturated heterocycles. The second kappa shape index (κ2) is 5.89. The van der Waals surface area contributed by atoms with Crippen molar-refractivity contribution in [2.75, 3.05) is 19.0 Å². The molecule has 1 N–H and O–H groups in total. The van der Waals surface area contributed by atoms with Crippen molar-refractivity contribution in [3.63, 3.8) is 0 Å². The molecule has 3 heteroatoms. The van der Waals surface area contributed by atoms with Crippen LogP contribution in [0.3, 0.4) is 0 Å². The van der Waals surface area contributed by atoms with Gasteiger partial charge in [0, 0.05) is 29.3 Å². The van der Waals surface area contributed by atoms with Crippen molar-refractivity contribution in [2.24, 2.45) is 5.92 Å². The van der Waals surface area contributed by atoms with E-state index in [1.807, 2.05) is 12.1 Å². The summed E-state index contributed by atoms with van der Waals surface area (Å²) < 4.78 is 11.8. The molecule has 2 aromatic rings. The maximum absolute atomic E-state index is 6.21. The molecule has 4 rings (SSSR count). The van der Waals surface area contributed by atoms with Gasteiger partial charge in [-0.05, 0) is 31.9 Å². The van der Waals surface area contributed by atoms with Crippen LogP contribution in [0.5, 0.6) is 5.75 Å². The number of hydrogen-bond acceptors (Lipinski definition) is 3. The highest BCUT2D eigenvalue weighted by molar-refractivity contribution is 5.59. The van der Waals surface area contributed by atoms with Crippen LogP contribution in [0.2, 0.25) is 0 Å². The molecule has 0 bridgehead atoms. The van der Waals surface area contributed by atoms with Gasteiger partial charge in [0.05, 0.1) is 19.3 Å². The van der Waals surface area contributed by atoms with Gasteiger partial charge in [0.1, 0.15) is 5.75 Å². The first-order chi connectivity index (χ1) is 11.3. The first-order valence-corrected chi connectivity index (χ1v) is 8.39. The molecule has 3 atom stereocenters. The zero-order valence-corrected chi connectivity index (χ0v) is 13.7. The van der Waals surface area contributed by atoms with Gasteiger partial charge >= 0.3 is 0 Å². The average molecular weight is 309 g/mol. The molecule has 2 aliphatic rings. The number of nitrogens with one attached hydrogen (secondary N) is 1. The minimum Gasteiger partial charge on any atom is -0.496 e. The summed E-state index contributed by atoms with van der Waals surface area (Å²) in [6.45, 7) is 3.00. The Bertz CT molecular complexity index is 713. The number of ether oxygens (including phenoxy) is 2. The number of rotatable bonds is 2. The number of fused-ring (bicyclic) bond motifs is 3. The molecule has 120 valence electrons. The number of para-hydroxylation sites is 1. The van der Waals surface area contributed by atoms with Crippen LogP contribution >= 0.6 is 0 Å². The van der Waals surface area contributed by atoms with E-state index in [0.29, 0.717) is 5.92 Å². The van der Waals surface area contributed by atoms with E-state index < -0.39 is 0 Å². The van der Waals surface area contributed by atoms with Crippen LogP contribution in [-0.4, -0.2) is 13.7 Å². The predicted octanol–water partition coefficient (Wildman–Crippen LogP) is 4.64. The van der Waals surface area contributed by atoms with E-state index in [1.54, 1.807) is 7.11 Å². The van der Waals surface area contributed by atoms with Crippen LogP contribution in [0.1, 0.15) is 41.7 Å². The van der Waals surface area contributed by atoms with Crippen LogP contribution in [0.25, 0.3) is 0 Å². The Kier molecular flexibility index (Phi) is 3.74. The zero-order chi connectivity index (χ0) is 15.8. The monoisotopic (exact) mass is 309 g/mol. The lowest BCUT2D eigenvalue weighted by Gasteiger charge is -2.43. The van der Waals surface area contributed by atoms with Crippen molar-refractivity contribution in [3.05, 3.63) is 59.2 Å². The molecule has 2 aromatic carbocycles. The summed E-state index contributed by atoms with van der Waals surface area (Å²) >= 11 is 0. The van der Waals surface area contributed by atoms with E-state index in [2.05, 4.69) is 42.6 Å². The Morgan fingerprint density at radius 2 is 2.00 bits per heavy atom. The van der Waals surface area contributed by atoms with Gasteiger partial charge in [-0.3, -0.25) is 0 Å². The third-order valence-corrected chi connectivity index (χ3v) is 5.09. The maximum atomic E-state index is 6.21. The second-order valence-corrected chi connectivity index (χ2v) is 6.55. The summed E-state index contributed by atoms with van der Waals surface area (Å²) in [7, 11) is 1.74. The quantitative estimate of drug-likeness (QED) is 0.876. The van der Waals surface area contributed by atoms with Crippen molar-refractivity contribution < 1.29 is 9.47 Å². The van der Waals surface area contributed by atoms with Gasteiger partial charge in [-0.2, -0.15) is 0 Å². The van der Waals surface area contributed by atoms with E-state index in [-0.39, 0.29) is 12.1 Å². The molecule has 0 aliphatic carbocycles. The number of anilines is 1. The van der Waals surface area contributed by atoms with Gasteiger partial charge in [-0.15, -0.1) is 0 Å². The zero-order valence-electron chi connectivity index (χ0n) is 13.7. The molecule has 0 amide bonds. The van der Waals surface area contributed by atoms with E-state index in [0.717, 1.165) is 18.8 Å². The lowest BCUT2D eigenvalue weighted by molar-refractivity contribution is -0.0383. The first-order valence-electron chi connectivity index (χ1n) is 8.39. The third kappa shape index (κ3) is 2.49. The summed E-state index contributed by atoms with van der Waals surface area (Å²) in [5.74, 6) is 1.39. The fourth-order valence-electron chi connectivity index (χ4n) is 4.02. The second-order valence-electron chi connectivity index (χ2n) is 6.55. The third-order valence-electron chi connectivity index (χ3n) is 5.09. The highest BCUT2D eigenvalue weighted by atomic mass is 16.5. The van der Waals surface area contributed by atoms with Gasteiger partial charge in [0.15, 0.2) is 0 Å². The maximum Gasteiger partial charge on any atom is 0.124 e. The van der Waals surface area contributed by atoms with Gasteiger partial charge < -0.3 is 14.8 Å². The molecule has 0 spiro atoms. The van der Waals surface area contributed by atoms with Crippen molar-refractivity contribution in [2.45, 2.75) is 31.9 Å². The fraction of sp³-hybridized carbons (Fsp3) is 0.400. The summed E-state index contributed by atoms with van der Waals surface area (Å²) in [5, 5.41) is 3.75. The fourth-order valence-corrected chi connectivity index (χ4v) is 4.02. The molecule has 0 radical (unpaired) electrons. The summed E-state index contributed by atoms with van der Waals surface area (Å²) in [6, 6.07) is 15.2. The van der Waals surface area contributed by atoms with Crippen LogP contribution in [0, 0.1) is 12.8 Å². The van der Waals surface area contributed by atoms with Crippen molar-refractivity contribution in [1.29, 1.82) is 0 Å². The lowest BCUT2D eigenvalue weighted by Crippen LogP contribution is -2.36. The van der Waals surface area contributed by atoms with Crippen LogP contribution < -0.4 is 10.1 Å². The number of aryl methyl sites for hydroxylation is 1.